The van der Waals surface area contributed by atoms with Crippen molar-refractivity contribution in [1.82, 2.24) is 10.2 Å². The number of sulfonamides is 1. The number of carbonyl (C=O) groups is 1. The predicted molar refractivity (Wildman–Crippen MR) is 101 cm³/mol. The number of rotatable bonds is 5. The normalized spacial score (nSPS) is 15.5. The van der Waals surface area contributed by atoms with Crippen molar-refractivity contribution in [2.75, 3.05) is 16.6 Å². The molecule has 0 unspecified atom stereocenters. The predicted octanol–water partition coefficient (Wildman–Crippen LogP) is 2.63. The lowest BCUT2D eigenvalue weighted by Gasteiger charge is -2.16. The molecule has 4 rings (SSSR count). The minimum Gasteiger partial charge on any atom is -0.452 e. The molecule has 1 aliphatic rings. The van der Waals surface area contributed by atoms with E-state index in [9.17, 15) is 13.2 Å². The first-order valence-corrected chi connectivity index (χ1v) is 10.3. The van der Waals surface area contributed by atoms with Gasteiger partial charge in [0.25, 0.3) is 5.89 Å². The number of anilines is 1. The van der Waals surface area contributed by atoms with Crippen molar-refractivity contribution >= 4 is 21.7 Å². The Morgan fingerprint density at radius 3 is 2.50 bits per heavy atom. The van der Waals surface area contributed by atoms with Crippen LogP contribution in [0.25, 0.3) is 11.5 Å². The second kappa shape index (κ2) is 7.43. The molecule has 0 bridgehead atoms. The second-order valence-corrected chi connectivity index (χ2v) is 8.24. The molecule has 3 aromatic rings. The monoisotopic (exact) mass is 399 g/mol. The van der Waals surface area contributed by atoms with Gasteiger partial charge in [0.1, 0.15) is 0 Å². The molecule has 2 heterocycles. The molecule has 1 aromatic heterocycles. The molecule has 9 heteroatoms. The zero-order valence-electron chi connectivity index (χ0n) is 14.8. The average molecular weight is 399 g/mol. The maximum absolute atomic E-state index is 12.2. The van der Waals surface area contributed by atoms with Crippen LogP contribution < -0.4 is 4.31 Å². The number of hydrogen-bond donors (Lipinski definition) is 0. The number of hydrogen-bond acceptors (Lipinski definition) is 7. The molecule has 0 amide bonds. The molecule has 1 fully saturated rings. The number of aromatic nitrogens is 2. The zero-order chi connectivity index (χ0) is 19.6. The largest absolute Gasteiger partial charge is 0.452 e. The van der Waals surface area contributed by atoms with Crippen molar-refractivity contribution in [2.24, 2.45) is 0 Å². The lowest BCUT2D eigenvalue weighted by molar-refractivity contribution is 0.0438. The van der Waals surface area contributed by atoms with Gasteiger partial charge in [-0.25, -0.2) is 13.2 Å². The summed E-state index contributed by atoms with van der Waals surface area (Å²) in [6, 6.07) is 15.5. The van der Waals surface area contributed by atoms with Crippen molar-refractivity contribution in [1.29, 1.82) is 0 Å². The molecular weight excluding hydrogens is 382 g/mol. The standard InChI is InChI=1S/C19H17N3O5S/c23-19(15-7-9-16(10-8-15)22-11-4-12-28(22,24)25)26-13-17-20-21-18(27-17)14-5-2-1-3-6-14/h1-3,5-10H,4,11-13H2. The summed E-state index contributed by atoms with van der Waals surface area (Å²) in [6.07, 6.45) is 0.598. The SMILES string of the molecule is O=C(OCc1nnc(-c2ccccc2)o1)c1ccc(N2CCCS2(=O)=O)cc1. The van der Waals surface area contributed by atoms with Crippen molar-refractivity contribution in [2.45, 2.75) is 13.0 Å². The van der Waals surface area contributed by atoms with Crippen molar-refractivity contribution in [3.8, 4) is 11.5 Å². The van der Waals surface area contributed by atoms with E-state index in [4.69, 9.17) is 9.15 Å². The van der Waals surface area contributed by atoms with Crippen LogP contribution in [0.2, 0.25) is 0 Å². The highest BCUT2D eigenvalue weighted by Gasteiger charge is 2.28. The van der Waals surface area contributed by atoms with Gasteiger partial charge in [-0.15, -0.1) is 10.2 Å². The Labute approximate surface area is 161 Å². The Balaban J connectivity index is 1.39. The van der Waals surface area contributed by atoms with Crippen LogP contribution in [0.1, 0.15) is 22.7 Å². The van der Waals surface area contributed by atoms with Crippen LogP contribution in [0.5, 0.6) is 0 Å². The van der Waals surface area contributed by atoms with Crippen molar-refractivity contribution in [3.05, 3.63) is 66.1 Å². The number of benzene rings is 2. The molecular formula is C19H17N3O5S. The number of carbonyl (C=O) groups excluding carboxylic acids is 1. The average Bonchev–Trinajstić information content (AvgIpc) is 3.33. The molecule has 2 aromatic carbocycles. The molecule has 1 saturated heterocycles. The number of ether oxygens (including phenoxy) is 1. The Morgan fingerprint density at radius 2 is 1.82 bits per heavy atom. The fraction of sp³-hybridized carbons (Fsp3) is 0.211. The minimum absolute atomic E-state index is 0.145. The molecule has 144 valence electrons. The van der Waals surface area contributed by atoms with E-state index in [1.165, 1.54) is 16.4 Å². The molecule has 0 N–H and O–H groups in total. The van der Waals surface area contributed by atoms with Crippen LogP contribution in [0.3, 0.4) is 0 Å². The first kappa shape index (κ1) is 18.2. The highest BCUT2D eigenvalue weighted by Crippen LogP contribution is 2.24. The van der Waals surface area contributed by atoms with Crippen LogP contribution in [-0.4, -0.2) is 36.9 Å². The first-order chi connectivity index (χ1) is 13.5. The summed E-state index contributed by atoms with van der Waals surface area (Å²) in [4.78, 5) is 12.2. The van der Waals surface area contributed by atoms with Gasteiger partial charge in [-0.1, -0.05) is 18.2 Å². The molecule has 0 aliphatic carbocycles. The van der Waals surface area contributed by atoms with Crippen LogP contribution >= 0.6 is 0 Å². The molecule has 0 saturated carbocycles. The summed E-state index contributed by atoms with van der Waals surface area (Å²) >= 11 is 0. The van der Waals surface area contributed by atoms with Gasteiger partial charge in [0, 0.05) is 12.1 Å². The molecule has 1 aliphatic heterocycles. The number of nitrogens with zero attached hydrogens (tertiary/aromatic N) is 3. The molecule has 28 heavy (non-hydrogen) atoms. The van der Waals surface area contributed by atoms with E-state index >= 15 is 0 Å². The van der Waals surface area contributed by atoms with E-state index in [1.807, 2.05) is 30.3 Å². The molecule has 0 spiro atoms. The van der Waals surface area contributed by atoms with Gasteiger partial charge in [0.05, 0.1) is 17.0 Å². The lowest BCUT2D eigenvalue weighted by atomic mass is 10.2. The summed E-state index contributed by atoms with van der Waals surface area (Å²) in [5.74, 6) is 0.122. The topological polar surface area (TPSA) is 103 Å². The second-order valence-electron chi connectivity index (χ2n) is 6.23. The Bertz CT molecular complexity index is 1080. The molecule has 0 atom stereocenters. The Morgan fingerprint density at radius 1 is 1.07 bits per heavy atom. The van der Waals surface area contributed by atoms with Crippen LogP contribution in [0, 0.1) is 0 Å². The van der Waals surface area contributed by atoms with Crippen LogP contribution in [0.15, 0.2) is 59.0 Å². The third kappa shape index (κ3) is 3.74. The fourth-order valence-electron chi connectivity index (χ4n) is 2.91. The van der Waals surface area contributed by atoms with Crippen LogP contribution in [0.4, 0.5) is 5.69 Å². The summed E-state index contributed by atoms with van der Waals surface area (Å²) in [5.41, 5.74) is 1.63. The van der Waals surface area contributed by atoms with E-state index in [0.717, 1.165) is 5.56 Å². The van der Waals surface area contributed by atoms with Gasteiger partial charge in [-0.05, 0) is 42.8 Å². The summed E-state index contributed by atoms with van der Waals surface area (Å²) in [6.45, 7) is 0.300. The van der Waals surface area contributed by atoms with E-state index in [1.54, 1.807) is 12.1 Å². The van der Waals surface area contributed by atoms with Gasteiger partial charge >= 0.3 is 5.97 Å². The van der Waals surface area contributed by atoms with Gasteiger partial charge in [-0.3, -0.25) is 4.31 Å². The Kier molecular flexibility index (Phi) is 4.82. The third-order valence-electron chi connectivity index (χ3n) is 4.30. The first-order valence-electron chi connectivity index (χ1n) is 8.68. The van der Waals surface area contributed by atoms with E-state index < -0.39 is 16.0 Å². The van der Waals surface area contributed by atoms with E-state index in [0.29, 0.717) is 30.1 Å². The van der Waals surface area contributed by atoms with Crippen LogP contribution in [-0.2, 0) is 21.4 Å². The summed E-state index contributed by atoms with van der Waals surface area (Å²) in [7, 11) is -3.25. The van der Waals surface area contributed by atoms with E-state index in [-0.39, 0.29) is 18.3 Å². The van der Waals surface area contributed by atoms with Gasteiger partial charge < -0.3 is 9.15 Å². The van der Waals surface area contributed by atoms with E-state index in [2.05, 4.69) is 10.2 Å². The van der Waals surface area contributed by atoms with Gasteiger partial charge in [0.15, 0.2) is 6.61 Å². The Hall–Kier alpha value is -3.20. The highest BCUT2D eigenvalue weighted by molar-refractivity contribution is 7.93. The summed E-state index contributed by atoms with van der Waals surface area (Å²) < 4.78 is 36.0. The minimum atomic E-state index is -3.25. The van der Waals surface area contributed by atoms with Crippen molar-refractivity contribution < 1.29 is 22.4 Å². The van der Waals surface area contributed by atoms with Gasteiger partial charge in [-0.2, -0.15) is 0 Å². The maximum atomic E-state index is 12.2. The lowest BCUT2D eigenvalue weighted by Crippen LogP contribution is -2.25. The van der Waals surface area contributed by atoms with Gasteiger partial charge in [0.2, 0.25) is 15.9 Å². The summed E-state index contributed by atoms with van der Waals surface area (Å²) in [5, 5.41) is 7.81. The quantitative estimate of drug-likeness (QED) is 0.608. The molecule has 0 radical (unpaired) electrons. The third-order valence-corrected chi connectivity index (χ3v) is 6.17. The smallest absolute Gasteiger partial charge is 0.338 e. The van der Waals surface area contributed by atoms with Crippen molar-refractivity contribution in [3.63, 3.8) is 0 Å². The highest BCUT2D eigenvalue weighted by atomic mass is 32.2. The number of esters is 1. The zero-order valence-corrected chi connectivity index (χ0v) is 15.6. The fourth-order valence-corrected chi connectivity index (χ4v) is 4.48. The molecule has 8 nitrogen and oxygen atoms in total. The maximum Gasteiger partial charge on any atom is 0.338 e.